The molecule has 16 heavy (non-hydrogen) atoms. The van der Waals surface area contributed by atoms with Crippen LogP contribution in [-0.4, -0.2) is 22.8 Å². The molecular formula is C12H14BrF2N. The molecule has 1 saturated heterocycles. The number of halogens is 3. The van der Waals surface area contributed by atoms with Crippen LogP contribution in [0.3, 0.4) is 0 Å². The summed E-state index contributed by atoms with van der Waals surface area (Å²) in [7, 11) is 0. The summed E-state index contributed by atoms with van der Waals surface area (Å²) in [4.78, 5) is 2.65. The summed E-state index contributed by atoms with van der Waals surface area (Å²) in [5.41, 5.74) is 0.190. The summed E-state index contributed by atoms with van der Waals surface area (Å²) < 4.78 is 26.8. The number of nitrogens with zero attached hydrogens (tertiary/aromatic N) is 1. The molecule has 88 valence electrons. The average molecular weight is 290 g/mol. The van der Waals surface area contributed by atoms with E-state index in [9.17, 15) is 8.78 Å². The van der Waals surface area contributed by atoms with Gasteiger partial charge in [0.1, 0.15) is 11.6 Å². The lowest BCUT2D eigenvalue weighted by atomic mass is 10.1. The van der Waals surface area contributed by atoms with Gasteiger partial charge in [0.15, 0.2) is 0 Å². The Balaban J connectivity index is 2.04. The van der Waals surface area contributed by atoms with Crippen LogP contribution in [0, 0.1) is 11.6 Å². The van der Waals surface area contributed by atoms with Gasteiger partial charge in [0.25, 0.3) is 0 Å². The van der Waals surface area contributed by atoms with E-state index in [0.29, 0.717) is 11.4 Å². The van der Waals surface area contributed by atoms with Crippen LogP contribution >= 0.6 is 15.9 Å². The number of benzene rings is 1. The van der Waals surface area contributed by atoms with Crippen LogP contribution in [0.15, 0.2) is 18.2 Å². The Kier molecular flexibility index (Phi) is 3.92. The molecule has 2 rings (SSSR count). The van der Waals surface area contributed by atoms with Gasteiger partial charge >= 0.3 is 0 Å². The number of rotatable bonds is 2. The monoisotopic (exact) mass is 289 g/mol. The van der Waals surface area contributed by atoms with Gasteiger partial charge in [-0.05, 0) is 38.1 Å². The summed E-state index contributed by atoms with van der Waals surface area (Å²) in [5.74, 6) is -0.887. The van der Waals surface area contributed by atoms with E-state index in [4.69, 9.17) is 0 Å². The van der Waals surface area contributed by atoms with Gasteiger partial charge in [-0.1, -0.05) is 22.0 Å². The molecule has 1 aromatic carbocycles. The Morgan fingerprint density at radius 1 is 1.19 bits per heavy atom. The Hall–Kier alpha value is -0.480. The molecule has 0 aromatic heterocycles. The highest BCUT2D eigenvalue weighted by atomic mass is 79.9. The van der Waals surface area contributed by atoms with Gasteiger partial charge in [-0.15, -0.1) is 0 Å². The SMILES string of the molecule is Fc1cccc(F)c1CN1CCC(Br)CC1. The van der Waals surface area contributed by atoms with Gasteiger partial charge in [-0.3, -0.25) is 4.90 Å². The summed E-state index contributed by atoms with van der Waals surface area (Å²) in [5, 5.41) is 0. The van der Waals surface area contributed by atoms with E-state index in [1.807, 2.05) is 0 Å². The molecule has 1 heterocycles. The number of hydrogen-bond acceptors (Lipinski definition) is 1. The quantitative estimate of drug-likeness (QED) is 0.755. The normalized spacial score (nSPS) is 18.9. The minimum atomic E-state index is -0.444. The standard InChI is InChI=1S/C12H14BrF2N/c13-9-4-6-16(7-5-9)8-10-11(14)2-1-3-12(10)15/h1-3,9H,4-8H2. The van der Waals surface area contributed by atoms with Crippen LogP contribution in [0.4, 0.5) is 8.78 Å². The fraction of sp³-hybridized carbons (Fsp3) is 0.500. The average Bonchev–Trinajstić information content (AvgIpc) is 2.26. The Labute approximate surface area is 103 Å². The molecule has 0 aliphatic carbocycles. The highest BCUT2D eigenvalue weighted by Gasteiger charge is 2.19. The van der Waals surface area contributed by atoms with Gasteiger partial charge in [0.2, 0.25) is 0 Å². The fourth-order valence-corrected chi connectivity index (χ4v) is 2.38. The van der Waals surface area contributed by atoms with Gasteiger partial charge in [0.05, 0.1) is 0 Å². The zero-order valence-electron chi connectivity index (χ0n) is 8.93. The van der Waals surface area contributed by atoms with Crippen LogP contribution in [0.25, 0.3) is 0 Å². The van der Waals surface area contributed by atoms with Gasteiger partial charge in [-0.2, -0.15) is 0 Å². The van der Waals surface area contributed by atoms with E-state index in [1.165, 1.54) is 18.2 Å². The molecule has 4 heteroatoms. The molecule has 1 aromatic rings. The number of likely N-dealkylation sites (tertiary alicyclic amines) is 1. The van der Waals surface area contributed by atoms with Crippen LogP contribution in [0.5, 0.6) is 0 Å². The first-order valence-electron chi connectivity index (χ1n) is 5.46. The second-order valence-corrected chi connectivity index (χ2v) is 5.45. The maximum Gasteiger partial charge on any atom is 0.130 e. The smallest absolute Gasteiger partial charge is 0.130 e. The lowest BCUT2D eigenvalue weighted by molar-refractivity contribution is 0.220. The van der Waals surface area contributed by atoms with Crippen molar-refractivity contribution in [3.05, 3.63) is 35.4 Å². The van der Waals surface area contributed by atoms with Crippen LogP contribution in [0.2, 0.25) is 0 Å². The minimum Gasteiger partial charge on any atom is -0.299 e. The maximum absolute atomic E-state index is 13.4. The van der Waals surface area contributed by atoms with E-state index >= 15 is 0 Å². The summed E-state index contributed by atoms with van der Waals surface area (Å²) in [6.45, 7) is 2.16. The molecule has 1 fully saturated rings. The second-order valence-electron chi connectivity index (χ2n) is 4.15. The lowest BCUT2D eigenvalue weighted by Gasteiger charge is -2.29. The molecule has 0 amide bonds. The topological polar surface area (TPSA) is 3.24 Å². The van der Waals surface area contributed by atoms with Crippen molar-refractivity contribution in [2.45, 2.75) is 24.2 Å². The van der Waals surface area contributed by atoms with Crippen molar-refractivity contribution in [2.24, 2.45) is 0 Å². The fourth-order valence-electron chi connectivity index (χ4n) is 1.97. The van der Waals surface area contributed by atoms with E-state index in [0.717, 1.165) is 25.9 Å². The lowest BCUT2D eigenvalue weighted by Crippen LogP contribution is -2.33. The molecule has 1 aliphatic heterocycles. The molecule has 0 unspecified atom stereocenters. The van der Waals surface area contributed by atoms with Crippen LogP contribution in [0.1, 0.15) is 18.4 Å². The molecule has 0 saturated carbocycles. The largest absolute Gasteiger partial charge is 0.299 e. The van der Waals surface area contributed by atoms with Crippen molar-refractivity contribution in [2.75, 3.05) is 13.1 Å². The second kappa shape index (κ2) is 5.23. The summed E-state index contributed by atoms with van der Waals surface area (Å²) in [6.07, 6.45) is 2.08. The molecule has 0 bridgehead atoms. The van der Waals surface area contributed by atoms with Crippen molar-refractivity contribution in [3.63, 3.8) is 0 Å². The first-order valence-corrected chi connectivity index (χ1v) is 6.37. The highest BCUT2D eigenvalue weighted by molar-refractivity contribution is 9.09. The number of alkyl halides is 1. The summed E-state index contributed by atoms with van der Waals surface area (Å²) in [6, 6.07) is 4.03. The third-order valence-electron chi connectivity index (χ3n) is 2.96. The predicted molar refractivity (Wildman–Crippen MR) is 63.6 cm³/mol. The van der Waals surface area contributed by atoms with E-state index in [-0.39, 0.29) is 5.56 Å². The van der Waals surface area contributed by atoms with E-state index in [1.54, 1.807) is 0 Å². The third kappa shape index (κ3) is 2.80. The van der Waals surface area contributed by atoms with Crippen LogP contribution in [-0.2, 0) is 6.54 Å². The van der Waals surface area contributed by atoms with Crippen molar-refractivity contribution in [1.29, 1.82) is 0 Å². The molecule has 0 spiro atoms. The minimum absolute atomic E-state index is 0.190. The van der Waals surface area contributed by atoms with Gasteiger partial charge in [-0.25, -0.2) is 8.78 Å². The number of piperidine rings is 1. The molecule has 0 N–H and O–H groups in total. The zero-order chi connectivity index (χ0) is 11.5. The molecule has 0 radical (unpaired) electrons. The van der Waals surface area contributed by atoms with E-state index in [2.05, 4.69) is 20.8 Å². The van der Waals surface area contributed by atoms with Crippen LogP contribution < -0.4 is 0 Å². The highest BCUT2D eigenvalue weighted by Crippen LogP contribution is 2.21. The van der Waals surface area contributed by atoms with Crippen molar-refractivity contribution in [3.8, 4) is 0 Å². The Morgan fingerprint density at radius 3 is 2.31 bits per heavy atom. The van der Waals surface area contributed by atoms with E-state index < -0.39 is 11.6 Å². The number of hydrogen-bond donors (Lipinski definition) is 0. The van der Waals surface area contributed by atoms with Crippen molar-refractivity contribution in [1.82, 2.24) is 4.90 Å². The van der Waals surface area contributed by atoms with Crippen molar-refractivity contribution >= 4 is 15.9 Å². The molecular weight excluding hydrogens is 276 g/mol. The summed E-state index contributed by atoms with van der Waals surface area (Å²) >= 11 is 3.56. The molecule has 1 aliphatic rings. The van der Waals surface area contributed by atoms with Crippen molar-refractivity contribution < 1.29 is 8.78 Å². The predicted octanol–water partition coefficient (Wildman–Crippen LogP) is 3.32. The Bertz CT molecular complexity index is 342. The van der Waals surface area contributed by atoms with Gasteiger partial charge < -0.3 is 0 Å². The molecule has 1 nitrogen and oxygen atoms in total. The zero-order valence-corrected chi connectivity index (χ0v) is 10.5. The third-order valence-corrected chi connectivity index (χ3v) is 3.88. The molecule has 0 atom stereocenters. The maximum atomic E-state index is 13.4. The Morgan fingerprint density at radius 2 is 1.75 bits per heavy atom. The first-order chi connectivity index (χ1) is 7.66. The van der Waals surface area contributed by atoms with Gasteiger partial charge in [0, 0.05) is 16.9 Å². The first kappa shape index (κ1) is 12.0.